The fourth-order valence-electron chi connectivity index (χ4n) is 4.38. The van der Waals surface area contributed by atoms with Crippen molar-refractivity contribution in [1.82, 2.24) is 8.61 Å². The Labute approximate surface area is 197 Å². The average molecular weight is 487 g/mol. The first kappa shape index (κ1) is 23.9. The normalized spacial score (nSPS) is 16.5. The summed E-state index contributed by atoms with van der Waals surface area (Å²) < 4.78 is 56.0. The van der Waals surface area contributed by atoms with Crippen molar-refractivity contribution in [1.29, 1.82) is 0 Å². The zero-order valence-electron chi connectivity index (χ0n) is 19.4. The van der Waals surface area contributed by atoms with Crippen LogP contribution in [0.3, 0.4) is 0 Å². The van der Waals surface area contributed by atoms with Crippen molar-refractivity contribution in [2.45, 2.75) is 43.4 Å². The molecule has 0 saturated carbocycles. The third-order valence-electron chi connectivity index (χ3n) is 6.38. The van der Waals surface area contributed by atoms with Gasteiger partial charge < -0.3 is 0 Å². The van der Waals surface area contributed by atoms with Gasteiger partial charge in [-0.2, -0.15) is 8.61 Å². The Morgan fingerprint density at radius 2 is 1.30 bits per heavy atom. The molecule has 2 aliphatic carbocycles. The first-order chi connectivity index (χ1) is 15.5. The standard InChI is InChI=1S/C25H30N2O4S2/c1-18(2)21-11-10-19(3)25-23(17-21)20(4)16-24(25)33(30,31)27-14-12-26(13-15-27)32(28,29)22-8-6-5-7-9-22/h5-11,16-18H,12-15H2,1-4H3. The number of hydrogen-bond acceptors (Lipinski definition) is 4. The van der Waals surface area contributed by atoms with Crippen LogP contribution in [0.15, 0.2) is 64.4 Å². The van der Waals surface area contributed by atoms with Crippen molar-refractivity contribution in [2.75, 3.05) is 26.2 Å². The molecule has 1 saturated heterocycles. The minimum Gasteiger partial charge on any atom is -0.207 e. The Bertz CT molecular complexity index is 1340. The topological polar surface area (TPSA) is 74.8 Å². The van der Waals surface area contributed by atoms with Crippen molar-refractivity contribution in [3.63, 3.8) is 0 Å². The van der Waals surface area contributed by atoms with Crippen molar-refractivity contribution < 1.29 is 16.8 Å². The van der Waals surface area contributed by atoms with Gasteiger partial charge in [-0.25, -0.2) is 16.8 Å². The zero-order valence-corrected chi connectivity index (χ0v) is 21.1. The molecule has 1 fully saturated rings. The lowest BCUT2D eigenvalue weighted by molar-refractivity contribution is 0.273. The number of hydrogen-bond donors (Lipinski definition) is 0. The van der Waals surface area contributed by atoms with Gasteiger partial charge in [-0.05, 0) is 60.2 Å². The number of piperazine rings is 1. The van der Waals surface area contributed by atoms with Crippen LogP contribution >= 0.6 is 0 Å². The summed E-state index contributed by atoms with van der Waals surface area (Å²) in [6.45, 7) is 8.61. The molecule has 33 heavy (non-hydrogen) atoms. The van der Waals surface area contributed by atoms with E-state index >= 15 is 0 Å². The summed E-state index contributed by atoms with van der Waals surface area (Å²) in [6, 6.07) is 16.1. The molecule has 1 aliphatic heterocycles. The van der Waals surface area contributed by atoms with E-state index in [0.717, 1.165) is 27.8 Å². The highest BCUT2D eigenvalue weighted by Gasteiger charge is 2.36. The maximum Gasteiger partial charge on any atom is 0.243 e. The van der Waals surface area contributed by atoms with Crippen LogP contribution in [0.2, 0.25) is 0 Å². The maximum atomic E-state index is 13.7. The lowest BCUT2D eigenvalue weighted by Gasteiger charge is -2.33. The molecule has 6 nitrogen and oxygen atoms in total. The zero-order chi connectivity index (χ0) is 24.0. The maximum absolute atomic E-state index is 13.7. The Morgan fingerprint density at radius 3 is 1.88 bits per heavy atom. The molecule has 4 rings (SSSR count). The number of fused-ring (bicyclic) bond motifs is 1. The molecule has 8 heteroatoms. The Hall–Kier alpha value is -2.26. The molecule has 1 heterocycles. The SMILES string of the molecule is Cc1cc(S(=O)(=O)N2CCN(S(=O)(=O)c3ccccc3)CC2)c2c(C)ccc(C(C)C)cc1-2. The molecule has 0 unspecified atom stereocenters. The molecule has 0 aromatic heterocycles. The van der Waals surface area contributed by atoms with Crippen molar-refractivity contribution in [2.24, 2.45) is 0 Å². The highest BCUT2D eigenvalue weighted by atomic mass is 32.2. The van der Waals surface area contributed by atoms with Gasteiger partial charge >= 0.3 is 0 Å². The van der Waals surface area contributed by atoms with Crippen LogP contribution in [0.25, 0.3) is 11.1 Å². The van der Waals surface area contributed by atoms with Gasteiger partial charge in [0.25, 0.3) is 0 Å². The molecular formula is C25H30N2O4S2. The van der Waals surface area contributed by atoms with E-state index in [0.29, 0.717) is 10.8 Å². The monoisotopic (exact) mass is 486 g/mol. The van der Waals surface area contributed by atoms with Gasteiger partial charge in [0.1, 0.15) is 0 Å². The minimum absolute atomic E-state index is 0.120. The Kier molecular flexibility index (Phi) is 6.39. The van der Waals surface area contributed by atoms with Gasteiger partial charge in [-0.3, -0.25) is 0 Å². The molecule has 0 amide bonds. The largest absolute Gasteiger partial charge is 0.243 e. The van der Waals surface area contributed by atoms with Gasteiger partial charge in [0.05, 0.1) is 9.79 Å². The molecule has 0 atom stereocenters. The smallest absolute Gasteiger partial charge is 0.207 e. The van der Waals surface area contributed by atoms with E-state index in [2.05, 4.69) is 26.0 Å². The van der Waals surface area contributed by atoms with E-state index in [-0.39, 0.29) is 31.1 Å². The lowest BCUT2D eigenvalue weighted by atomic mass is 10.0. The Balaban J connectivity index is 1.63. The van der Waals surface area contributed by atoms with Crippen LogP contribution in [-0.4, -0.2) is 51.6 Å². The van der Waals surface area contributed by atoms with E-state index in [4.69, 9.17) is 0 Å². The number of benzene rings is 1. The molecule has 0 N–H and O–H groups in total. The number of sulfonamides is 2. The summed E-state index contributed by atoms with van der Waals surface area (Å²) in [6.07, 6.45) is 0. The number of nitrogens with zero attached hydrogens (tertiary/aromatic N) is 2. The van der Waals surface area contributed by atoms with Gasteiger partial charge in [-0.1, -0.05) is 50.2 Å². The second kappa shape index (κ2) is 8.83. The molecular weight excluding hydrogens is 456 g/mol. The predicted octanol–water partition coefficient (Wildman–Crippen LogP) is 4.23. The summed E-state index contributed by atoms with van der Waals surface area (Å²) >= 11 is 0. The van der Waals surface area contributed by atoms with Crippen LogP contribution in [0.4, 0.5) is 0 Å². The summed E-state index contributed by atoms with van der Waals surface area (Å²) in [5.41, 5.74) is 4.69. The van der Waals surface area contributed by atoms with E-state index in [1.807, 2.05) is 19.9 Å². The average Bonchev–Trinajstić information content (AvgIpc) is 3.02. The van der Waals surface area contributed by atoms with Crippen LogP contribution in [0.1, 0.15) is 36.5 Å². The van der Waals surface area contributed by atoms with E-state index in [9.17, 15) is 16.8 Å². The highest BCUT2D eigenvalue weighted by molar-refractivity contribution is 7.89. The fourth-order valence-corrected chi connectivity index (χ4v) is 7.60. The van der Waals surface area contributed by atoms with Crippen molar-refractivity contribution >= 4 is 20.0 Å². The molecule has 0 spiro atoms. The van der Waals surface area contributed by atoms with E-state index in [1.54, 1.807) is 36.4 Å². The second-order valence-electron chi connectivity index (χ2n) is 8.92. The van der Waals surface area contributed by atoms with E-state index in [1.165, 1.54) is 8.61 Å². The van der Waals surface area contributed by atoms with E-state index < -0.39 is 20.0 Å². The summed E-state index contributed by atoms with van der Waals surface area (Å²) in [7, 11) is -7.42. The van der Waals surface area contributed by atoms with Gasteiger partial charge in [0, 0.05) is 31.7 Å². The predicted molar refractivity (Wildman–Crippen MR) is 131 cm³/mol. The van der Waals surface area contributed by atoms with Crippen LogP contribution < -0.4 is 0 Å². The highest BCUT2D eigenvalue weighted by Crippen LogP contribution is 2.39. The minimum atomic E-state index is -3.78. The Morgan fingerprint density at radius 1 is 0.727 bits per heavy atom. The van der Waals surface area contributed by atoms with Gasteiger partial charge in [0.2, 0.25) is 20.0 Å². The molecule has 0 radical (unpaired) electrons. The van der Waals surface area contributed by atoms with Crippen LogP contribution in [0, 0.1) is 13.8 Å². The van der Waals surface area contributed by atoms with Crippen molar-refractivity contribution in [3.8, 4) is 11.1 Å². The summed E-state index contributed by atoms with van der Waals surface area (Å²) in [5.74, 6) is 0.328. The molecule has 0 bridgehead atoms. The first-order valence-corrected chi connectivity index (χ1v) is 14.0. The molecule has 3 aliphatic rings. The third kappa shape index (κ3) is 4.33. The first-order valence-electron chi connectivity index (χ1n) is 11.1. The number of rotatable bonds is 5. The van der Waals surface area contributed by atoms with Crippen molar-refractivity contribution in [3.05, 3.63) is 71.3 Å². The molecule has 1 aromatic rings. The second-order valence-corrected chi connectivity index (χ2v) is 12.8. The quantitative estimate of drug-likeness (QED) is 0.541. The fraction of sp³-hybridized carbons (Fsp3) is 0.360. The number of aryl methyl sites for hydroxylation is 2. The summed E-state index contributed by atoms with van der Waals surface area (Å²) in [5, 5.41) is 0. The lowest BCUT2D eigenvalue weighted by Crippen LogP contribution is -2.50. The third-order valence-corrected chi connectivity index (χ3v) is 10.2. The van der Waals surface area contributed by atoms with Gasteiger partial charge in [0.15, 0.2) is 0 Å². The summed E-state index contributed by atoms with van der Waals surface area (Å²) in [4.78, 5) is 0.529. The molecule has 176 valence electrons. The van der Waals surface area contributed by atoms with Gasteiger partial charge in [-0.15, -0.1) is 0 Å². The van der Waals surface area contributed by atoms with Crippen LogP contribution in [-0.2, 0) is 20.0 Å². The molecule has 1 aromatic carbocycles. The van der Waals surface area contributed by atoms with Crippen LogP contribution in [0.5, 0.6) is 0 Å².